The second kappa shape index (κ2) is 4.78. The van der Waals surface area contributed by atoms with Crippen molar-refractivity contribution in [2.24, 2.45) is 0 Å². The first-order chi connectivity index (χ1) is 9.16. The molecule has 0 saturated carbocycles. The van der Waals surface area contributed by atoms with Crippen LogP contribution in [0.4, 0.5) is 4.39 Å². The molecule has 1 aliphatic heterocycles. The van der Waals surface area contributed by atoms with E-state index in [1.807, 2.05) is 6.07 Å². The third kappa shape index (κ3) is 2.16. The minimum Gasteiger partial charge on any atom is -0.450 e. The van der Waals surface area contributed by atoms with Crippen LogP contribution in [0.2, 0.25) is 0 Å². The van der Waals surface area contributed by atoms with Crippen LogP contribution in [0, 0.1) is 0 Å². The third-order valence-corrected chi connectivity index (χ3v) is 3.65. The molecule has 3 rings (SSSR count). The summed E-state index contributed by atoms with van der Waals surface area (Å²) in [6.45, 7) is 0. The van der Waals surface area contributed by atoms with Gasteiger partial charge in [0, 0.05) is 10.0 Å². The molecule has 0 bridgehead atoms. The Bertz CT molecular complexity index is 627. The van der Waals surface area contributed by atoms with Crippen LogP contribution >= 0.6 is 15.9 Å². The maximum Gasteiger partial charge on any atom is 0.339 e. The quantitative estimate of drug-likeness (QED) is 0.729. The molecule has 4 heteroatoms. The third-order valence-electron chi connectivity index (χ3n) is 3.16. The molecule has 0 spiro atoms. The van der Waals surface area contributed by atoms with Crippen molar-refractivity contribution in [1.29, 1.82) is 0 Å². The number of rotatable bonds is 1. The van der Waals surface area contributed by atoms with Crippen LogP contribution in [0.3, 0.4) is 0 Å². The second-order valence-electron chi connectivity index (χ2n) is 4.37. The van der Waals surface area contributed by atoms with Crippen molar-refractivity contribution in [1.82, 2.24) is 0 Å². The predicted molar refractivity (Wildman–Crippen MR) is 72.6 cm³/mol. The van der Waals surface area contributed by atoms with Crippen molar-refractivity contribution in [3.8, 4) is 0 Å². The first-order valence-electron chi connectivity index (χ1n) is 5.86. The molecule has 2 aromatic carbocycles. The number of alkyl halides is 1. The smallest absolute Gasteiger partial charge is 0.339 e. The van der Waals surface area contributed by atoms with E-state index in [2.05, 4.69) is 15.9 Å². The first-order valence-corrected chi connectivity index (χ1v) is 6.65. The number of ether oxygens (including phenoxy) is 1. The van der Waals surface area contributed by atoms with Crippen LogP contribution in [0.1, 0.15) is 33.8 Å². The highest BCUT2D eigenvalue weighted by atomic mass is 79.9. The lowest BCUT2D eigenvalue weighted by molar-refractivity contribution is -0.00391. The van der Waals surface area contributed by atoms with Gasteiger partial charge in [-0.15, -0.1) is 0 Å². The summed E-state index contributed by atoms with van der Waals surface area (Å²) in [6, 6.07) is 13.9. The summed E-state index contributed by atoms with van der Waals surface area (Å²) in [4.78, 5) is 12.0. The predicted octanol–water partition coefficient (Wildman–Crippen LogP) is 4.37. The number of benzene rings is 2. The van der Waals surface area contributed by atoms with Gasteiger partial charge in [-0.2, -0.15) is 0 Å². The van der Waals surface area contributed by atoms with Crippen molar-refractivity contribution in [3.63, 3.8) is 0 Å². The van der Waals surface area contributed by atoms with Crippen molar-refractivity contribution < 1.29 is 13.9 Å². The molecule has 0 amide bonds. The number of carbonyl (C=O) groups is 1. The molecule has 0 aliphatic carbocycles. The van der Waals surface area contributed by atoms with Gasteiger partial charge in [0.25, 0.3) is 0 Å². The topological polar surface area (TPSA) is 26.3 Å². The number of halogens is 2. The number of esters is 1. The summed E-state index contributed by atoms with van der Waals surface area (Å²) in [6.07, 6.45) is -2.22. The highest BCUT2D eigenvalue weighted by molar-refractivity contribution is 9.10. The number of hydrogen-bond acceptors (Lipinski definition) is 2. The lowest BCUT2D eigenvalue weighted by Gasteiger charge is -2.28. The molecule has 2 aromatic rings. The van der Waals surface area contributed by atoms with Crippen molar-refractivity contribution in [3.05, 3.63) is 69.7 Å². The molecular formula is C15H10BrFO2. The lowest BCUT2D eigenvalue weighted by Crippen LogP contribution is -2.24. The Balaban J connectivity index is 2.05. The fourth-order valence-electron chi connectivity index (χ4n) is 2.23. The van der Waals surface area contributed by atoms with Crippen molar-refractivity contribution in [2.75, 3.05) is 0 Å². The zero-order chi connectivity index (χ0) is 13.4. The lowest BCUT2D eigenvalue weighted by atomic mass is 9.93. The Kier molecular flexibility index (Phi) is 3.11. The highest BCUT2D eigenvalue weighted by Gasteiger charge is 2.36. The van der Waals surface area contributed by atoms with Gasteiger partial charge in [-0.05, 0) is 17.7 Å². The zero-order valence-electron chi connectivity index (χ0n) is 9.85. The summed E-state index contributed by atoms with van der Waals surface area (Å²) in [5.41, 5.74) is 1.33. The number of carbonyl (C=O) groups excluding carboxylic acids is 1. The Morgan fingerprint density at radius 2 is 1.84 bits per heavy atom. The summed E-state index contributed by atoms with van der Waals surface area (Å²) in [7, 11) is 0. The van der Waals surface area contributed by atoms with Crippen LogP contribution in [-0.4, -0.2) is 5.97 Å². The minimum atomic E-state index is -1.34. The Morgan fingerprint density at radius 1 is 1.11 bits per heavy atom. The van der Waals surface area contributed by atoms with Gasteiger partial charge in [0.05, 0.1) is 5.56 Å². The normalized spacial score (nSPS) is 21.7. The van der Waals surface area contributed by atoms with Gasteiger partial charge in [0.2, 0.25) is 0 Å². The van der Waals surface area contributed by atoms with Crippen LogP contribution in [0.25, 0.3) is 0 Å². The second-order valence-corrected chi connectivity index (χ2v) is 5.29. The molecule has 1 heterocycles. The van der Waals surface area contributed by atoms with E-state index < -0.39 is 18.2 Å². The first kappa shape index (κ1) is 12.4. The molecule has 1 aliphatic rings. The summed E-state index contributed by atoms with van der Waals surface area (Å²) < 4.78 is 20.5. The van der Waals surface area contributed by atoms with Gasteiger partial charge in [0.15, 0.2) is 12.3 Å². The van der Waals surface area contributed by atoms with Crippen LogP contribution in [0.15, 0.2) is 53.0 Å². The molecule has 0 radical (unpaired) electrons. The van der Waals surface area contributed by atoms with Gasteiger partial charge in [-0.25, -0.2) is 9.18 Å². The summed E-state index contributed by atoms with van der Waals surface area (Å²) >= 11 is 3.27. The van der Waals surface area contributed by atoms with E-state index >= 15 is 0 Å². The van der Waals surface area contributed by atoms with Crippen LogP contribution < -0.4 is 0 Å². The molecule has 0 saturated heterocycles. The molecular weight excluding hydrogens is 311 g/mol. The van der Waals surface area contributed by atoms with Crippen molar-refractivity contribution in [2.45, 2.75) is 12.3 Å². The molecule has 0 fully saturated rings. The van der Waals surface area contributed by atoms with Gasteiger partial charge >= 0.3 is 5.97 Å². The molecule has 2 atom stereocenters. The molecule has 0 aromatic heterocycles. The molecule has 0 N–H and O–H groups in total. The van der Waals surface area contributed by atoms with E-state index in [0.717, 1.165) is 4.47 Å². The number of hydrogen-bond donors (Lipinski definition) is 0. The van der Waals surface area contributed by atoms with Gasteiger partial charge < -0.3 is 4.74 Å². The Hall–Kier alpha value is -1.68. The van der Waals surface area contributed by atoms with Crippen molar-refractivity contribution >= 4 is 21.9 Å². The summed E-state index contributed by atoms with van der Waals surface area (Å²) in [5.74, 6) is -0.487. The van der Waals surface area contributed by atoms with E-state index in [-0.39, 0.29) is 5.56 Å². The van der Waals surface area contributed by atoms with E-state index in [1.54, 1.807) is 42.5 Å². The molecule has 2 nitrogen and oxygen atoms in total. The Labute approximate surface area is 118 Å². The van der Waals surface area contributed by atoms with Gasteiger partial charge in [-0.1, -0.05) is 52.3 Å². The maximum atomic E-state index is 14.5. The number of fused-ring (bicyclic) bond motifs is 1. The fraction of sp³-hybridized carbons (Fsp3) is 0.133. The van der Waals surface area contributed by atoms with E-state index in [1.165, 1.54) is 0 Å². The molecule has 19 heavy (non-hydrogen) atoms. The summed E-state index contributed by atoms with van der Waals surface area (Å²) in [5, 5.41) is 0. The van der Waals surface area contributed by atoms with Crippen LogP contribution in [-0.2, 0) is 4.74 Å². The van der Waals surface area contributed by atoms with Crippen LogP contribution in [0.5, 0.6) is 0 Å². The van der Waals surface area contributed by atoms with E-state index in [4.69, 9.17) is 4.74 Å². The van der Waals surface area contributed by atoms with E-state index in [0.29, 0.717) is 11.1 Å². The SMILES string of the molecule is O=C1O[C@@H](c2ccccc2)[C@H](F)c2ccc(Br)cc21. The average Bonchev–Trinajstić information content (AvgIpc) is 2.43. The number of cyclic esters (lactones) is 1. The molecule has 96 valence electrons. The Morgan fingerprint density at radius 3 is 2.58 bits per heavy atom. The van der Waals surface area contributed by atoms with Gasteiger partial charge in [0.1, 0.15) is 0 Å². The largest absolute Gasteiger partial charge is 0.450 e. The fourth-order valence-corrected chi connectivity index (χ4v) is 2.59. The maximum absolute atomic E-state index is 14.5. The minimum absolute atomic E-state index is 0.286. The molecule has 0 unspecified atom stereocenters. The standard InChI is InChI=1S/C15H10BrFO2/c16-10-6-7-11-12(8-10)15(18)19-14(13(11)17)9-4-2-1-3-5-9/h1-8,13-14H/t13-,14+/m1/s1. The average molecular weight is 321 g/mol. The van der Waals surface area contributed by atoms with E-state index in [9.17, 15) is 9.18 Å². The zero-order valence-corrected chi connectivity index (χ0v) is 11.4. The highest BCUT2D eigenvalue weighted by Crippen LogP contribution is 2.42. The van der Waals surface area contributed by atoms with Gasteiger partial charge in [-0.3, -0.25) is 0 Å². The monoisotopic (exact) mass is 320 g/mol.